The van der Waals surface area contributed by atoms with Gasteiger partial charge in [-0.2, -0.15) is 5.26 Å². The first kappa shape index (κ1) is 14.0. The Hall–Kier alpha value is -1.08. The molecule has 0 atom stereocenters. The van der Waals surface area contributed by atoms with Crippen molar-refractivity contribution < 1.29 is 0 Å². The van der Waals surface area contributed by atoms with Gasteiger partial charge >= 0.3 is 0 Å². The fourth-order valence-corrected chi connectivity index (χ4v) is 1.97. The number of hydrogen-bond donors (Lipinski definition) is 0. The Morgan fingerprint density at radius 1 is 1.47 bits per heavy atom. The molecule has 1 heterocycles. The average molecular weight is 297 g/mol. The molecule has 1 rings (SSSR count). The van der Waals surface area contributed by atoms with Crippen molar-refractivity contribution in [2.24, 2.45) is 5.41 Å². The standard InChI is InChI=1S/C13H17BrN2O/c1-13(2,10-15)7-3-4-8-16-9-5-6-11(14)12(16)17/h5-6,9H,3-4,7-8H2,1-2H3. The highest BCUT2D eigenvalue weighted by Crippen LogP contribution is 2.21. The van der Waals surface area contributed by atoms with Gasteiger partial charge in [0.25, 0.3) is 5.56 Å². The SMILES string of the molecule is CC(C)(C#N)CCCCn1cccc(Br)c1=O. The van der Waals surface area contributed by atoms with Crippen molar-refractivity contribution >= 4 is 15.9 Å². The van der Waals surface area contributed by atoms with E-state index in [1.54, 1.807) is 16.8 Å². The molecule has 0 unspecified atom stereocenters. The number of nitrogens with zero attached hydrogens (tertiary/aromatic N) is 2. The summed E-state index contributed by atoms with van der Waals surface area (Å²) < 4.78 is 2.29. The van der Waals surface area contributed by atoms with Crippen LogP contribution in [-0.4, -0.2) is 4.57 Å². The number of aromatic nitrogens is 1. The molecule has 0 radical (unpaired) electrons. The molecule has 0 aromatic carbocycles. The van der Waals surface area contributed by atoms with Crippen molar-refractivity contribution in [3.8, 4) is 6.07 Å². The summed E-state index contributed by atoms with van der Waals surface area (Å²) in [6.45, 7) is 4.59. The maximum Gasteiger partial charge on any atom is 0.264 e. The largest absolute Gasteiger partial charge is 0.315 e. The molecule has 3 nitrogen and oxygen atoms in total. The molecule has 1 aromatic rings. The molecular formula is C13H17BrN2O. The van der Waals surface area contributed by atoms with Gasteiger partial charge in [0, 0.05) is 12.7 Å². The molecule has 17 heavy (non-hydrogen) atoms. The summed E-state index contributed by atoms with van der Waals surface area (Å²) in [7, 11) is 0. The third-order valence-electron chi connectivity index (χ3n) is 2.73. The van der Waals surface area contributed by atoms with Gasteiger partial charge in [-0.3, -0.25) is 4.79 Å². The molecule has 0 fully saturated rings. The van der Waals surface area contributed by atoms with Crippen LogP contribution in [0.15, 0.2) is 27.6 Å². The van der Waals surface area contributed by atoms with Crippen LogP contribution < -0.4 is 5.56 Å². The number of aryl methyl sites for hydroxylation is 1. The van der Waals surface area contributed by atoms with Gasteiger partial charge in [-0.25, -0.2) is 0 Å². The van der Waals surface area contributed by atoms with E-state index in [1.165, 1.54) is 0 Å². The van der Waals surface area contributed by atoms with Crippen molar-refractivity contribution in [3.05, 3.63) is 33.2 Å². The van der Waals surface area contributed by atoms with E-state index in [2.05, 4.69) is 22.0 Å². The summed E-state index contributed by atoms with van der Waals surface area (Å²) in [6.07, 6.45) is 4.54. The third-order valence-corrected chi connectivity index (χ3v) is 3.33. The highest BCUT2D eigenvalue weighted by atomic mass is 79.9. The molecular weight excluding hydrogens is 280 g/mol. The smallest absolute Gasteiger partial charge is 0.264 e. The lowest BCUT2D eigenvalue weighted by Gasteiger charge is -2.14. The Morgan fingerprint density at radius 2 is 2.18 bits per heavy atom. The van der Waals surface area contributed by atoms with Gasteiger partial charge in [0.2, 0.25) is 0 Å². The van der Waals surface area contributed by atoms with Gasteiger partial charge in [-0.15, -0.1) is 0 Å². The lowest BCUT2D eigenvalue weighted by Crippen LogP contribution is -2.19. The number of rotatable bonds is 5. The zero-order valence-corrected chi connectivity index (χ0v) is 11.8. The van der Waals surface area contributed by atoms with Gasteiger partial charge in [-0.05, 0) is 54.8 Å². The Bertz CT molecular complexity index is 471. The van der Waals surface area contributed by atoms with E-state index in [1.807, 2.05) is 19.9 Å². The zero-order chi connectivity index (χ0) is 12.9. The first-order chi connectivity index (χ1) is 7.96. The third kappa shape index (κ3) is 4.35. The summed E-state index contributed by atoms with van der Waals surface area (Å²) in [5, 5.41) is 8.88. The number of hydrogen-bond acceptors (Lipinski definition) is 2. The van der Waals surface area contributed by atoms with Crippen LogP contribution in [0.3, 0.4) is 0 Å². The second-order valence-corrected chi connectivity index (χ2v) is 5.66. The van der Waals surface area contributed by atoms with Crippen molar-refractivity contribution in [2.45, 2.75) is 39.7 Å². The summed E-state index contributed by atoms with van der Waals surface area (Å²) in [5.41, 5.74) is -0.255. The molecule has 1 aromatic heterocycles. The van der Waals surface area contributed by atoms with Crippen LogP contribution in [0.25, 0.3) is 0 Å². The van der Waals surface area contributed by atoms with Crippen LogP contribution >= 0.6 is 15.9 Å². The molecule has 92 valence electrons. The fraction of sp³-hybridized carbons (Fsp3) is 0.538. The van der Waals surface area contributed by atoms with Crippen molar-refractivity contribution in [3.63, 3.8) is 0 Å². The minimum absolute atomic E-state index is 0.00652. The van der Waals surface area contributed by atoms with Crippen LogP contribution in [0.4, 0.5) is 0 Å². The Morgan fingerprint density at radius 3 is 2.82 bits per heavy atom. The van der Waals surface area contributed by atoms with Gasteiger partial charge in [0.15, 0.2) is 0 Å². The number of halogens is 1. The molecule has 4 heteroatoms. The number of nitriles is 1. The maximum absolute atomic E-state index is 11.7. The van der Waals surface area contributed by atoms with E-state index in [9.17, 15) is 4.79 Å². The van der Waals surface area contributed by atoms with Crippen LogP contribution in [0, 0.1) is 16.7 Å². The minimum Gasteiger partial charge on any atom is -0.315 e. The van der Waals surface area contributed by atoms with Crippen LogP contribution in [-0.2, 0) is 6.54 Å². The zero-order valence-electron chi connectivity index (χ0n) is 10.2. The molecule has 0 saturated carbocycles. The first-order valence-corrected chi connectivity index (χ1v) is 6.52. The normalized spacial score (nSPS) is 11.2. The fourth-order valence-electron chi connectivity index (χ4n) is 1.59. The van der Waals surface area contributed by atoms with E-state index >= 15 is 0 Å². The van der Waals surface area contributed by atoms with E-state index in [0.717, 1.165) is 19.3 Å². The summed E-state index contributed by atoms with van der Waals surface area (Å²) in [4.78, 5) is 11.7. The van der Waals surface area contributed by atoms with Crippen molar-refractivity contribution in [1.29, 1.82) is 5.26 Å². The van der Waals surface area contributed by atoms with Crippen LogP contribution in [0.1, 0.15) is 33.1 Å². The maximum atomic E-state index is 11.7. The summed E-state index contributed by atoms with van der Waals surface area (Å²) in [6, 6.07) is 5.88. The van der Waals surface area contributed by atoms with Gasteiger partial charge < -0.3 is 4.57 Å². The molecule has 0 N–H and O–H groups in total. The molecule has 0 aliphatic rings. The molecule has 0 saturated heterocycles. The topological polar surface area (TPSA) is 45.8 Å². The monoisotopic (exact) mass is 296 g/mol. The minimum atomic E-state index is -0.262. The highest BCUT2D eigenvalue weighted by Gasteiger charge is 2.15. The average Bonchev–Trinajstić information content (AvgIpc) is 2.30. The Kier molecular flexibility index (Phi) is 4.95. The van der Waals surface area contributed by atoms with Crippen LogP contribution in [0.2, 0.25) is 0 Å². The van der Waals surface area contributed by atoms with E-state index in [0.29, 0.717) is 11.0 Å². The van der Waals surface area contributed by atoms with Gasteiger partial charge in [0.1, 0.15) is 0 Å². The van der Waals surface area contributed by atoms with Crippen molar-refractivity contribution in [1.82, 2.24) is 4.57 Å². The molecule has 0 bridgehead atoms. The summed E-state index contributed by atoms with van der Waals surface area (Å²) >= 11 is 3.22. The molecule has 0 amide bonds. The summed E-state index contributed by atoms with van der Waals surface area (Å²) in [5.74, 6) is 0. The lowest BCUT2D eigenvalue weighted by molar-refractivity contribution is 0.415. The lowest BCUT2D eigenvalue weighted by atomic mass is 9.89. The predicted molar refractivity (Wildman–Crippen MR) is 71.6 cm³/mol. The van der Waals surface area contributed by atoms with Crippen molar-refractivity contribution in [2.75, 3.05) is 0 Å². The Labute approximate surface area is 110 Å². The molecule has 0 aliphatic carbocycles. The first-order valence-electron chi connectivity index (χ1n) is 5.72. The predicted octanol–water partition coefficient (Wildman–Crippen LogP) is 3.33. The van der Waals surface area contributed by atoms with Crippen LogP contribution in [0.5, 0.6) is 0 Å². The quantitative estimate of drug-likeness (QED) is 0.783. The van der Waals surface area contributed by atoms with E-state index in [4.69, 9.17) is 5.26 Å². The Balaban J connectivity index is 2.45. The van der Waals surface area contributed by atoms with E-state index < -0.39 is 0 Å². The van der Waals surface area contributed by atoms with E-state index in [-0.39, 0.29) is 11.0 Å². The number of unbranched alkanes of at least 4 members (excludes halogenated alkanes) is 1. The van der Waals surface area contributed by atoms with Gasteiger partial charge in [0.05, 0.1) is 16.0 Å². The number of pyridine rings is 1. The second kappa shape index (κ2) is 6.02. The molecule has 0 aliphatic heterocycles. The highest BCUT2D eigenvalue weighted by molar-refractivity contribution is 9.10. The second-order valence-electron chi connectivity index (χ2n) is 4.81. The molecule has 0 spiro atoms. The van der Waals surface area contributed by atoms with Gasteiger partial charge in [-0.1, -0.05) is 6.42 Å².